The third kappa shape index (κ3) is 5.94. The van der Waals surface area contributed by atoms with E-state index in [4.69, 9.17) is 4.74 Å². The molecule has 0 aliphatic carbocycles. The molecule has 4 heteroatoms. The van der Waals surface area contributed by atoms with Gasteiger partial charge in [-0.05, 0) is 20.3 Å². The molecule has 2 N–H and O–H groups in total. The second-order valence-electron chi connectivity index (χ2n) is 3.46. The van der Waals surface area contributed by atoms with Crippen molar-refractivity contribution in [2.75, 3.05) is 20.2 Å². The summed E-state index contributed by atoms with van der Waals surface area (Å²) in [5.74, 6) is 0.0435. The zero-order chi connectivity index (χ0) is 11.0. The molecule has 0 radical (unpaired) electrons. The van der Waals surface area contributed by atoms with Gasteiger partial charge < -0.3 is 15.4 Å². The van der Waals surface area contributed by atoms with Gasteiger partial charge in [-0.25, -0.2) is 0 Å². The summed E-state index contributed by atoms with van der Waals surface area (Å²) in [6, 6.07) is 0.187. The Labute approximate surface area is 86.4 Å². The molecule has 14 heavy (non-hydrogen) atoms. The zero-order valence-electron chi connectivity index (χ0n) is 9.59. The molecule has 0 aromatic heterocycles. The van der Waals surface area contributed by atoms with E-state index in [1.165, 1.54) is 0 Å². The fraction of sp³-hybridized carbons (Fsp3) is 0.900. The Morgan fingerprint density at radius 2 is 2.07 bits per heavy atom. The Morgan fingerprint density at radius 3 is 2.57 bits per heavy atom. The van der Waals surface area contributed by atoms with Crippen LogP contribution in [0.25, 0.3) is 0 Å². The lowest BCUT2D eigenvalue weighted by Crippen LogP contribution is -2.43. The third-order valence-electron chi connectivity index (χ3n) is 2.23. The molecular weight excluding hydrogens is 180 g/mol. The fourth-order valence-electron chi connectivity index (χ4n) is 0.951. The Balaban J connectivity index is 3.55. The average Bonchev–Trinajstić information content (AvgIpc) is 2.21. The summed E-state index contributed by atoms with van der Waals surface area (Å²) in [7, 11) is 1.67. The van der Waals surface area contributed by atoms with Crippen molar-refractivity contribution in [3.8, 4) is 0 Å². The molecule has 0 spiro atoms. The molecule has 2 atom stereocenters. The highest BCUT2D eigenvalue weighted by Gasteiger charge is 2.11. The quantitative estimate of drug-likeness (QED) is 0.633. The van der Waals surface area contributed by atoms with Gasteiger partial charge in [-0.15, -0.1) is 0 Å². The van der Waals surface area contributed by atoms with Crippen LogP contribution in [0, 0.1) is 0 Å². The minimum Gasteiger partial charge on any atom is -0.380 e. The van der Waals surface area contributed by atoms with Crippen LogP contribution >= 0.6 is 0 Å². The van der Waals surface area contributed by atoms with Crippen LogP contribution in [0.1, 0.15) is 27.2 Å². The van der Waals surface area contributed by atoms with Crippen molar-refractivity contribution in [3.05, 3.63) is 0 Å². The molecule has 0 rings (SSSR count). The molecule has 0 fully saturated rings. The maximum absolute atomic E-state index is 11.2. The van der Waals surface area contributed by atoms with Crippen LogP contribution in [-0.2, 0) is 9.53 Å². The topological polar surface area (TPSA) is 50.4 Å². The monoisotopic (exact) mass is 202 g/mol. The molecule has 0 saturated heterocycles. The largest absolute Gasteiger partial charge is 0.380 e. The number of amides is 1. The minimum atomic E-state index is 0.0435. The third-order valence-corrected chi connectivity index (χ3v) is 2.23. The number of carbonyl (C=O) groups excluding carboxylic acids is 1. The molecule has 0 aromatic carbocycles. The predicted molar refractivity (Wildman–Crippen MR) is 57.2 cm³/mol. The zero-order valence-corrected chi connectivity index (χ0v) is 9.59. The summed E-state index contributed by atoms with van der Waals surface area (Å²) >= 11 is 0. The van der Waals surface area contributed by atoms with Crippen molar-refractivity contribution >= 4 is 5.91 Å². The minimum absolute atomic E-state index is 0.0435. The van der Waals surface area contributed by atoms with Gasteiger partial charge in [0.15, 0.2) is 0 Å². The summed E-state index contributed by atoms with van der Waals surface area (Å²) in [6.45, 7) is 7.11. The normalized spacial score (nSPS) is 14.9. The number of methoxy groups -OCH3 is 1. The SMILES string of the molecule is CCCNC(=O)CNC(C)C(C)OC. The van der Waals surface area contributed by atoms with Crippen LogP contribution in [0.5, 0.6) is 0 Å². The first-order valence-electron chi connectivity index (χ1n) is 5.14. The number of nitrogens with one attached hydrogen (secondary N) is 2. The standard InChI is InChI=1S/C10H22N2O2/c1-5-6-11-10(13)7-12-8(2)9(3)14-4/h8-9,12H,5-7H2,1-4H3,(H,11,13). The van der Waals surface area contributed by atoms with E-state index in [9.17, 15) is 4.79 Å². The lowest BCUT2D eigenvalue weighted by atomic mass is 10.2. The van der Waals surface area contributed by atoms with Crippen LogP contribution < -0.4 is 10.6 Å². The first-order chi connectivity index (χ1) is 6.61. The number of carbonyl (C=O) groups is 1. The van der Waals surface area contributed by atoms with Gasteiger partial charge in [-0.3, -0.25) is 4.79 Å². The van der Waals surface area contributed by atoms with E-state index in [2.05, 4.69) is 10.6 Å². The number of hydrogen-bond acceptors (Lipinski definition) is 3. The summed E-state index contributed by atoms with van der Waals surface area (Å²) < 4.78 is 5.13. The second kappa shape index (κ2) is 7.76. The van der Waals surface area contributed by atoms with E-state index in [1.54, 1.807) is 7.11 Å². The van der Waals surface area contributed by atoms with Crippen molar-refractivity contribution < 1.29 is 9.53 Å². The number of rotatable bonds is 7. The van der Waals surface area contributed by atoms with Crippen LogP contribution in [-0.4, -0.2) is 38.3 Å². The molecule has 0 aromatic rings. The van der Waals surface area contributed by atoms with E-state index < -0.39 is 0 Å². The molecule has 0 aliphatic rings. The maximum Gasteiger partial charge on any atom is 0.233 e. The van der Waals surface area contributed by atoms with E-state index in [-0.39, 0.29) is 18.1 Å². The van der Waals surface area contributed by atoms with Gasteiger partial charge in [-0.2, -0.15) is 0 Å². The number of ether oxygens (including phenoxy) is 1. The van der Waals surface area contributed by atoms with Gasteiger partial charge in [0.05, 0.1) is 12.6 Å². The summed E-state index contributed by atoms with van der Waals surface area (Å²) in [6.07, 6.45) is 1.09. The van der Waals surface area contributed by atoms with Gasteiger partial charge in [0.1, 0.15) is 0 Å². The highest BCUT2D eigenvalue weighted by atomic mass is 16.5. The molecule has 84 valence electrons. The molecule has 0 aliphatic heterocycles. The Bertz CT molecular complexity index is 162. The van der Waals surface area contributed by atoms with E-state index in [0.29, 0.717) is 6.54 Å². The second-order valence-corrected chi connectivity index (χ2v) is 3.46. The van der Waals surface area contributed by atoms with Gasteiger partial charge in [0.25, 0.3) is 0 Å². The number of hydrogen-bond donors (Lipinski definition) is 2. The van der Waals surface area contributed by atoms with Gasteiger partial charge in [-0.1, -0.05) is 6.92 Å². The predicted octanol–water partition coefficient (Wildman–Crippen LogP) is 0.526. The van der Waals surface area contributed by atoms with Crippen molar-refractivity contribution in [3.63, 3.8) is 0 Å². The first kappa shape index (κ1) is 13.4. The molecule has 0 bridgehead atoms. The summed E-state index contributed by atoms with van der Waals surface area (Å²) in [5.41, 5.74) is 0. The van der Waals surface area contributed by atoms with E-state index in [1.807, 2.05) is 20.8 Å². The highest BCUT2D eigenvalue weighted by molar-refractivity contribution is 5.77. The van der Waals surface area contributed by atoms with E-state index >= 15 is 0 Å². The molecule has 1 amide bonds. The van der Waals surface area contributed by atoms with Gasteiger partial charge in [0.2, 0.25) is 5.91 Å². The maximum atomic E-state index is 11.2. The molecule has 4 nitrogen and oxygen atoms in total. The molecule has 2 unspecified atom stereocenters. The van der Waals surface area contributed by atoms with Crippen LogP contribution in [0.15, 0.2) is 0 Å². The molecule has 0 heterocycles. The van der Waals surface area contributed by atoms with Crippen molar-refractivity contribution in [2.45, 2.75) is 39.3 Å². The Morgan fingerprint density at radius 1 is 1.43 bits per heavy atom. The first-order valence-corrected chi connectivity index (χ1v) is 5.14. The van der Waals surface area contributed by atoms with E-state index in [0.717, 1.165) is 13.0 Å². The molecule has 0 saturated carbocycles. The van der Waals surface area contributed by atoms with Crippen LogP contribution in [0.4, 0.5) is 0 Å². The summed E-state index contributed by atoms with van der Waals surface area (Å²) in [4.78, 5) is 11.2. The van der Waals surface area contributed by atoms with Gasteiger partial charge >= 0.3 is 0 Å². The van der Waals surface area contributed by atoms with Crippen molar-refractivity contribution in [1.82, 2.24) is 10.6 Å². The molecular formula is C10H22N2O2. The Kier molecular flexibility index (Phi) is 7.42. The van der Waals surface area contributed by atoms with Crippen LogP contribution in [0.2, 0.25) is 0 Å². The summed E-state index contributed by atoms with van der Waals surface area (Å²) in [5, 5.41) is 5.91. The lowest BCUT2D eigenvalue weighted by Gasteiger charge is -2.19. The van der Waals surface area contributed by atoms with Crippen molar-refractivity contribution in [1.29, 1.82) is 0 Å². The Hall–Kier alpha value is -0.610. The smallest absolute Gasteiger partial charge is 0.233 e. The average molecular weight is 202 g/mol. The van der Waals surface area contributed by atoms with Crippen molar-refractivity contribution in [2.24, 2.45) is 0 Å². The van der Waals surface area contributed by atoms with Crippen LogP contribution in [0.3, 0.4) is 0 Å². The lowest BCUT2D eigenvalue weighted by molar-refractivity contribution is -0.120. The highest BCUT2D eigenvalue weighted by Crippen LogP contribution is 1.94. The van der Waals surface area contributed by atoms with Gasteiger partial charge in [0, 0.05) is 19.7 Å². The fourth-order valence-corrected chi connectivity index (χ4v) is 0.951.